The van der Waals surface area contributed by atoms with Crippen molar-refractivity contribution < 1.29 is 43.9 Å². The molecule has 3 rings (SSSR count). The van der Waals surface area contributed by atoms with Crippen LogP contribution in [0.25, 0.3) is 0 Å². The molecule has 4 N–H and O–H groups in total. The second-order valence-corrected chi connectivity index (χ2v) is 10.9. The van der Waals surface area contributed by atoms with E-state index >= 15 is 0 Å². The molecule has 3 aliphatic heterocycles. The number of rotatable bonds is 15. The predicted octanol–water partition coefficient (Wildman–Crippen LogP) is 2.65. The summed E-state index contributed by atoms with van der Waals surface area (Å²) in [6.45, 7) is 4.34. The molecule has 3 fully saturated rings. The first kappa shape index (κ1) is 31.5. The number of unbranched alkanes of at least 4 members (excludes halogenated alkanes) is 8. The Bertz CT molecular complexity index is 851. The van der Waals surface area contributed by atoms with Gasteiger partial charge in [0.25, 0.3) is 5.91 Å². The first-order valence-corrected chi connectivity index (χ1v) is 14.6. The highest BCUT2D eigenvalue weighted by atomic mass is 16.7. The largest absolute Gasteiger partial charge is 0.415 e. The number of cyclic esters (lactones) is 1. The molecule has 0 radical (unpaired) electrons. The molecule has 39 heavy (non-hydrogen) atoms. The molecule has 0 spiro atoms. The normalized spacial score (nSPS) is 30.3. The van der Waals surface area contributed by atoms with Crippen molar-refractivity contribution in [3.63, 3.8) is 0 Å². The molecule has 3 heterocycles. The first-order valence-electron chi connectivity index (χ1n) is 14.6. The van der Waals surface area contributed by atoms with E-state index < -0.39 is 54.7 Å². The summed E-state index contributed by atoms with van der Waals surface area (Å²) in [6, 6.07) is -0.269. The van der Waals surface area contributed by atoms with E-state index in [1.54, 1.807) is 11.8 Å². The molecule has 3 saturated heterocycles. The zero-order chi connectivity index (χ0) is 28.4. The van der Waals surface area contributed by atoms with Crippen LogP contribution in [0.2, 0.25) is 0 Å². The summed E-state index contributed by atoms with van der Waals surface area (Å²) in [5, 5.41) is 32.8. The maximum Gasteiger partial charge on any atom is 0.415 e. The van der Waals surface area contributed by atoms with Crippen LogP contribution < -0.4 is 5.32 Å². The minimum absolute atomic E-state index is 0.166. The van der Waals surface area contributed by atoms with Crippen molar-refractivity contribution in [2.75, 3.05) is 6.54 Å². The molecule has 0 aromatic heterocycles. The molecule has 3 aliphatic rings. The number of hydrogen-bond acceptors (Lipinski definition) is 9. The van der Waals surface area contributed by atoms with Crippen molar-refractivity contribution in [1.82, 2.24) is 10.2 Å². The third-order valence-electron chi connectivity index (χ3n) is 7.73. The summed E-state index contributed by atoms with van der Waals surface area (Å²) < 4.78 is 16.7. The fourth-order valence-electron chi connectivity index (χ4n) is 5.41. The monoisotopic (exact) mass is 554 g/mol. The molecule has 0 unspecified atom stereocenters. The van der Waals surface area contributed by atoms with Crippen LogP contribution >= 0.6 is 0 Å². The molecule has 7 atom stereocenters. The molecule has 0 saturated carbocycles. The van der Waals surface area contributed by atoms with E-state index in [1.807, 2.05) is 0 Å². The Hall–Kier alpha value is -2.05. The lowest BCUT2D eigenvalue weighted by molar-refractivity contribution is -0.304. The molecule has 11 heteroatoms. The van der Waals surface area contributed by atoms with Crippen LogP contribution in [-0.2, 0) is 23.8 Å². The van der Waals surface area contributed by atoms with E-state index in [2.05, 4.69) is 12.2 Å². The Labute approximate surface area is 230 Å². The van der Waals surface area contributed by atoms with E-state index in [4.69, 9.17) is 14.2 Å². The number of ether oxygens (including phenoxy) is 3. The van der Waals surface area contributed by atoms with Crippen molar-refractivity contribution in [2.24, 2.45) is 0 Å². The molecular weight excluding hydrogens is 508 g/mol. The second kappa shape index (κ2) is 15.7. The molecular formula is C28H46N2O9. The number of amides is 3. The number of imide groups is 1. The van der Waals surface area contributed by atoms with Crippen LogP contribution in [-0.4, -0.2) is 87.5 Å². The lowest BCUT2D eigenvalue weighted by atomic mass is 9.99. The van der Waals surface area contributed by atoms with Crippen molar-refractivity contribution >= 4 is 17.9 Å². The van der Waals surface area contributed by atoms with Gasteiger partial charge in [-0.3, -0.25) is 19.8 Å². The maximum absolute atomic E-state index is 12.7. The highest BCUT2D eigenvalue weighted by Crippen LogP contribution is 2.31. The number of nitrogens with zero attached hydrogens (tertiary/aromatic N) is 1. The second-order valence-electron chi connectivity index (χ2n) is 10.9. The van der Waals surface area contributed by atoms with Crippen molar-refractivity contribution in [1.29, 1.82) is 0 Å². The van der Waals surface area contributed by atoms with Gasteiger partial charge in [0.15, 0.2) is 6.29 Å². The van der Waals surface area contributed by atoms with Gasteiger partial charge in [0.1, 0.15) is 24.1 Å². The molecule has 0 bridgehead atoms. The molecule has 11 nitrogen and oxygen atoms in total. The fourth-order valence-corrected chi connectivity index (χ4v) is 5.41. The minimum atomic E-state index is -1.48. The molecule has 0 aliphatic carbocycles. The fraction of sp³-hybridized carbons (Fsp3) is 0.821. The zero-order valence-electron chi connectivity index (χ0n) is 23.3. The number of nitrogens with one attached hydrogen (secondary N) is 1. The lowest BCUT2D eigenvalue weighted by Crippen LogP contribution is -2.58. The van der Waals surface area contributed by atoms with Gasteiger partial charge in [-0.1, -0.05) is 64.7 Å². The summed E-state index contributed by atoms with van der Waals surface area (Å²) in [5.74, 6) is -1.02. The molecule has 0 aromatic rings. The minimum Gasteiger partial charge on any atom is -0.412 e. The van der Waals surface area contributed by atoms with Crippen molar-refractivity contribution in [3.8, 4) is 0 Å². The maximum atomic E-state index is 12.7. The first-order chi connectivity index (χ1) is 18.7. The number of carbonyl (C=O) groups is 3. The Kier molecular flexibility index (Phi) is 12.6. The summed E-state index contributed by atoms with van der Waals surface area (Å²) in [6.07, 6.45) is 5.81. The Morgan fingerprint density at radius 3 is 2.41 bits per heavy atom. The zero-order valence-corrected chi connectivity index (χ0v) is 23.3. The van der Waals surface area contributed by atoms with Gasteiger partial charge < -0.3 is 29.5 Å². The summed E-state index contributed by atoms with van der Waals surface area (Å²) in [7, 11) is 0. The van der Waals surface area contributed by atoms with Crippen LogP contribution in [0.5, 0.6) is 0 Å². The van der Waals surface area contributed by atoms with Crippen molar-refractivity contribution in [3.05, 3.63) is 11.8 Å². The van der Waals surface area contributed by atoms with Gasteiger partial charge in [-0.15, -0.1) is 0 Å². The number of fused-ring (bicyclic) bond motifs is 1. The third-order valence-corrected chi connectivity index (χ3v) is 7.73. The number of aliphatic hydroxyl groups excluding tert-OH is 3. The molecule has 3 amide bonds. The topological polar surface area (TPSA) is 155 Å². The quantitative estimate of drug-likeness (QED) is 0.177. The van der Waals surface area contributed by atoms with E-state index in [1.165, 1.54) is 32.1 Å². The smallest absolute Gasteiger partial charge is 0.412 e. The van der Waals surface area contributed by atoms with E-state index in [9.17, 15) is 29.7 Å². The average Bonchev–Trinajstić information content (AvgIpc) is 3.49. The van der Waals surface area contributed by atoms with Gasteiger partial charge in [0.2, 0.25) is 5.91 Å². The number of hydrogen-bond donors (Lipinski definition) is 4. The van der Waals surface area contributed by atoms with Gasteiger partial charge in [0.05, 0.1) is 24.7 Å². The molecule has 0 aromatic carbocycles. The van der Waals surface area contributed by atoms with E-state index in [-0.39, 0.29) is 18.2 Å². The summed E-state index contributed by atoms with van der Waals surface area (Å²) >= 11 is 0. The highest BCUT2D eigenvalue weighted by molar-refractivity contribution is 6.01. The van der Waals surface area contributed by atoms with E-state index in [0.717, 1.165) is 38.2 Å². The van der Waals surface area contributed by atoms with Crippen LogP contribution in [0.3, 0.4) is 0 Å². The van der Waals surface area contributed by atoms with Gasteiger partial charge in [-0.2, -0.15) is 0 Å². The van der Waals surface area contributed by atoms with Crippen LogP contribution in [0.15, 0.2) is 11.8 Å². The Morgan fingerprint density at radius 1 is 1.05 bits per heavy atom. The Balaban J connectivity index is 1.51. The lowest BCUT2D eigenvalue weighted by Gasteiger charge is -2.40. The standard InChI is InChI=1S/C28H46N2O9/c1-3-4-5-6-7-8-9-10-11-13-19(38-27-26(35)25(34)24(33)18(2)37-27)16-22(31)29-23(32)17-21-20-14-12-15-30(20)28(36)39-21/h17-20,24-27,33-35H,3-16H2,1-2H3,(H,29,31,32)/t18-,19+,20+,24-,25+,26+,27-/m0/s1. The number of aliphatic hydroxyl groups is 3. The average molecular weight is 555 g/mol. The van der Waals surface area contributed by atoms with E-state index in [0.29, 0.717) is 19.4 Å². The van der Waals surface area contributed by atoms with Gasteiger partial charge in [-0.25, -0.2) is 4.79 Å². The molecule has 222 valence electrons. The van der Waals surface area contributed by atoms with Crippen LogP contribution in [0.1, 0.15) is 97.3 Å². The predicted molar refractivity (Wildman–Crippen MR) is 141 cm³/mol. The van der Waals surface area contributed by atoms with Crippen LogP contribution in [0, 0.1) is 0 Å². The Morgan fingerprint density at radius 2 is 1.72 bits per heavy atom. The van der Waals surface area contributed by atoms with Crippen molar-refractivity contribution in [2.45, 2.75) is 140 Å². The van der Waals surface area contributed by atoms with Gasteiger partial charge in [-0.05, 0) is 26.2 Å². The highest BCUT2D eigenvalue weighted by Gasteiger charge is 2.44. The number of carbonyl (C=O) groups excluding carboxylic acids is 3. The summed E-state index contributed by atoms with van der Waals surface area (Å²) in [5.41, 5.74) is 0. The third kappa shape index (κ3) is 9.24. The summed E-state index contributed by atoms with van der Waals surface area (Å²) in [4.78, 5) is 38.7. The van der Waals surface area contributed by atoms with Gasteiger partial charge in [0, 0.05) is 12.6 Å². The SMILES string of the molecule is CCCCCCCCCCC[C@H](CC(=O)NC(=O)C=C1OC(=O)N2CCC[C@H]12)O[C@@H]1O[C@@H](C)[C@H](O)[C@@H](O)[C@H]1O. The van der Waals surface area contributed by atoms with Crippen LogP contribution in [0.4, 0.5) is 4.79 Å². The van der Waals surface area contributed by atoms with Gasteiger partial charge >= 0.3 is 6.09 Å².